The lowest BCUT2D eigenvalue weighted by Gasteiger charge is -2.30. The van der Waals surface area contributed by atoms with Crippen LogP contribution in [-0.4, -0.2) is 97.4 Å². The Bertz CT molecular complexity index is 983. The van der Waals surface area contributed by atoms with Crippen molar-refractivity contribution in [3.8, 4) is 5.75 Å². The number of hydrogen-bond acceptors (Lipinski definition) is 9. The van der Waals surface area contributed by atoms with Crippen molar-refractivity contribution in [1.82, 2.24) is 15.1 Å². The smallest absolute Gasteiger partial charge is 0.497 e. The molecule has 0 unspecified atom stereocenters. The number of alkyl carbamates (subject to hydrolysis) is 1. The molecule has 2 rings (SSSR count). The molecule has 1 heterocycles. The van der Waals surface area contributed by atoms with E-state index < -0.39 is 47.8 Å². The average Bonchev–Trinajstić information content (AvgIpc) is 3.18. The molecule has 0 radical (unpaired) electrons. The number of benzene rings is 1. The monoisotopic (exact) mass is 579 g/mol. The number of carbonyl (C=O) groups is 3. The van der Waals surface area contributed by atoms with Crippen molar-refractivity contribution in [3.05, 3.63) is 29.8 Å². The Kier molecular flexibility index (Phi) is 12.6. The Morgan fingerprint density at radius 2 is 1.56 bits per heavy atom. The first-order valence-corrected chi connectivity index (χ1v) is 14.3. The van der Waals surface area contributed by atoms with Crippen LogP contribution in [0.25, 0.3) is 0 Å². The van der Waals surface area contributed by atoms with E-state index in [0.717, 1.165) is 31.6 Å². The third-order valence-electron chi connectivity index (χ3n) is 6.45. The number of methoxy groups -OCH3 is 1. The molecule has 3 atom stereocenters. The highest BCUT2D eigenvalue weighted by Crippen LogP contribution is 2.30. The zero-order chi connectivity index (χ0) is 30.8. The van der Waals surface area contributed by atoms with Crippen LogP contribution in [-0.2, 0) is 25.4 Å². The summed E-state index contributed by atoms with van der Waals surface area (Å²) in [6.07, 6.45) is -3.04. The lowest BCUT2D eigenvalue weighted by molar-refractivity contribution is -0.0518. The van der Waals surface area contributed by atoms with Gasteiger partial charge in [0.25, 0.3) is 0 Å². The third-order valence-corrected chi connectivity index (χ3v) is 6.45. The van der Waals surface area contributed by atoms with Gasteiger partial charge in [0, 0.05) is 6.54 Å². The molecule has 0 saturated carbocycles. The molecule has 1 N–H and O–H groups in total. The molecule has 0 aromatic heterocycles. The van der Waals surface area contributed by atoms with Gasteiger partial charge in [0.1, 0.15) is 17.0 Å². The van der Waals surface area contributed by atoms with Gasteiger partial charge in [0.2, 0.25) is 0 Å². The normalized spacial score (nSPS) is 19.1. The van der Waals surface area contributed by atoms with E-state index in [4.69, 9.17) is 23.7 Å². The lowest BCUT2D eigenvalue weighted by Crippen LogP contribution is -2.46. The maximum absolute atomic E-state index is 13.3. The molecule has 41 heavy (non-hydrogen) atoms. The fourth-order valence-electron chi connectivity index (χ4n) is 4.47. The number of ether oxygens (including phenoxy) is 5. The first-order valence-electron chi connectivity index (χ1n) is 14.3. The highest BCUT2D eigenvalue weighted by Gasteiger charge is 2.50. The van der Waals surface area contributed by atoms with Crippen molar-refractivity contribution in [2.75, 3.05) is 39.8 Å². The molecule has 0 aliphatic carbocycles. The first-order chi connectivity index (χ1) is 19.2. The van der Waals surface area contributed by atoms with Crippen LogP contribution in [0.4, 0.5) is 14.4 Å². The molecule has 1 aromatic rings. The summed E-state index contributed by atoms with van der Waals surface area (Å²) in [5.41, 5.74) is -0.679. The Morgan fingerprint density at radius 3 is 2.10 bits per heavy atom. The van der Waals surface area contributed by atoms with E-state index in [0.29, 0.717) is 18.7 Å². The van der Waals surface area contributed by atoms with Gasteiger partial charge in [-0.25, -0.2) is 14.4 Å². The largest absolute Gasteiger partial charge is 0.509 e. The number of likely N-dealkylation sites (tertiary alicyclic amines) is 1. The minimum absolute atomic E-state index is 0.0329. The van der Waals surface area contributed by atoms with Crippen molar-refractivity contribution in [2.24, 2.45) is 0 Å². The van der Waals surface area contributed by atoms with Crippen LogP contribution in [0.5, 0.6) is 5.75 Å². The summed E-state index contributed by atoms with van der Waals surface area (Å²) in [4.78, 5) is 42.7. The van der Waals surface area contributed by atoms with Crippen LogP contribution >= 0.6 is 0 Å². The molecule has 0 spiro atoms. The maximum Gasteiger partial charge on any atom is 0.509 e. The molecule has 1 fully saturated rings. The summed E-state index contributed by atoms with van der Waals surface area (Å²) >= 11 is 0. The van der Waals surface area contributed by atoms with Crippen molar-refractivity contribution < 1.29 is 38.1 Å². The zero-order valence-corrected chi connectivity index (χ0v) is 26.2. The number of amides is 2. The maximum atomic E-state index is 13.3. The molecule has 11 nitrogen and oxygen atoms in total. The second-order valence-corrected chi connectivity index (χ2v) is 12.1. The highest BCUT2D eigenvalue weighted by molar-refractivity contribution is 5.71. The van der Waals surface area contributed by atoms with Crippen LogP contribution in [0.2, 0.25) is 0 Å². The summed E-state index contributed by atoms with van der Waals surface area (Å²) in [5, 5.41) is 2.80. The lowest BCUT2D eigenvalue weighted by atomic mass is 10.0. The predicted molar refractivity (Wildman–Crippen MR) is 155 cm³/mol. The topological polar surface area (TPSA) is 116 Å². The number of nitrogens with one attached hydrogen (secondary N) is 1. The van der Waals surface area contributed by atoms with Gasteiger partial charge < -0.3 is 33.9 Å². The van der Waals surface area contributed by atoms with Gasteiger partial charge in [-0.15, -0.1) is 0 Å². The molecule has 1 saturated heterocycles. The summed E-state index contributed by atoms with van der Waals surface area (Å²) in [5.74, 6) is 0.687. The second-order valence-electron chi connectivity index (χ2n) is 12.1. The quantitative estimate of drug-likeness (QED) is 0.220. The summed E-state index contributed by atoms with van der Waals surface area (Å²) in [6.45, 7) is 17.8. The van der Waals surface area contributed by atoms with Crippen molar-refractivity contribution in [2.45, 2.75) is 97.7 Å². The molecule has 0 bridgehead atoms. The number of hydrogen-bond donors (Lipinski definition) is 1. The van der Waals surface area contributed by atoms with Gasteiger partial charge in [0.15, 0.2) is 12.2 Å². The second kappa shape index (κ2) is 15.1. The molecule has 1 aromatic carbocycles. The predicted octanol–water partition coefficient (Wildman–Crippen LogP) is 5.00. The Balaban J connectivity index is 2.31. The van der Waals surface area contributed by atoms with Crippen molar-refractivity contribution in [3.63, 3.8) is 0 Å². The van der Waals surface area contributed by atoms with Gasteiger partial charge in [-0.05, 0) is 91.7 Å². The van der Waals surface area contributed by atoms with Crippen LogP contribution in [0.1, 0.15) is 67.4 Å². The Labute approximate surface area is 244 Å². The van der Waals surface area contributed by atoms with Crippen molar-refractivity contribution in [1.29, 1.82) is 0 Å². The molecule has 1 aliphatic rings. The van der Waals surface area contributed by atoms with E-state index in [9.17, 15) is 14.4 Å². The van der Waals surface area contributed by atoms with Gasteiger partial charge in [0.05, 0.1) is 19.7 Å². The van der Waals surface area contributed by atoms with Gasteiger partial charge in [-0.2, -0.15) is 0 Å². The van der Waals surface area contributed by atoms with Crippen LogP contribution in [0.15, 0.2) is 24.3 Å². The molecule has 1 aliphatic heterocycles. The van der Waals surface area contributed by atoms with Crippen molar-refractivity contribution >= 4 is 18.3 Å². The Morgan fingerprint density at radius 1 is 0.951 bits per heavy atom. The summed E-state index contributed by atoms with van der Waals surface area (Å²) < 4.78 is 27.8. The van der Waals surface area contributed by atoms with E-state index in [2.05, 4.69) is 24.1 Å². The minimum atomic E-state index is -0.972. The van der Waals surface area contributed by atoms with E-state index in [1.807, 2.05) is 24.3 Å². The summed E-state index contributed by atoms with van der Waals surface area (Å²) in [6, 6.07) is 6.70. The molecular weight excluding hydrogens is 530 g/mol. The third kappa shape index (κ3) is 11.7. The van der Waals surface area contributed by atoms with E-state index in [1.165, 1.54) is 4.90 Å². The molecule has 232 valence electrons. The fourth-order valence-corrected chi connectivity index (χ4v) is 4.47. The Hall–Kier alpha value is -3.21. The number of carbonyl (C=O) groups excluding carboxylic acids is 3. The van der Waals surface area contributed by atoms with E-state index in [-0.39, 0.29) is 6.54 Å². The number of nitrogens with zero attached hydrogens (tertiary/aromatic N) is 2. The molecule has 2 amide bonds. The minimum Gasteiger partial charge on any atom is -0.497 e. The SMILES string of the molecule is CCN(CC)CCCNC(=O)O[C@@H]1[C@@H](OC(=O)OC(C)(C)C)CN(C(=O)OC(C)(C)C)[C@@H]1Cc1ccc(OC)cc1. The van der Waals surface area contributed by atoms with Gasteiger partial charge >= 0.3 is 18.3 Å². The zero-order valence-electron chi connectivity index (χ0n) is 26.2. The number of rotatable bonds is 11. The van der Waals surface area contributed by atoms with E-state index >= 15 is 0 Å². The highest BCUT2D eigenvalue weighted by atomic mass is 16.7. The average molecular weight is 580 g/mol. The summed E-state index contributed by atoms with van der Waals surface area (Å²) in [7, 11) is 1.58. The first kappa shape index (κ1) is 34.0. The standard InChI is InChI=1S/C30H49N3O8/c1-10-32(11-2)18-12-17-31-26(34)39-25-23(19-21-13-15-22(37-9)16-14-21)33(27(35)40-29(3,4)5)20-24(25)38-28(36)41-30(6,7)8/h13-16,23-25H,10-12,17-20H2,1-9H3,(H,31,34)/t23-,24+,25+/m1/s1. The molecule has 11 heteroatoms. The van der Waals surface area contributed by atoms with Crippen LogP contribution < -0.4 is 10.1 Å². The van der Waals surface area contributed by atoms with Crippen LogP contribution in [0.3, 0.4) is 0 Å². The van der Waals surface area contributed by atoms with Gasteiger partial charge in [-0.3, -0.25) is 4.90 Å². The molecular formula is C30H49N3O8. The van der Waals surface area contributed by atoms with Gasteiger partial charge in [-0.1, -0.05) is 26.0 Å². The van der Waals surface area contributed by atoms with E-state index in [1.54, 1.807) is 48.7 Å². The fraction of sp³-hybridized carbons (Fsp3) is 0.700. The van der Waals surface area contributed by atoms with Crippen LogP contribution in [0, 0.1) is 0 Å².